The monoisotopic (exact) mass is 201 g/mol. The number of nitrogens with one attached hydrogen (secondary N) is 1. The van der Waals surface area contributed by atoms with Gasteiger partial charge in [0.2, 0.25) is 0 Å². The van der Waals surface area contributed by atoms with Crippen LogP contribution in [0.1, 0.15) is 33.1 Å². The fourth-order valence-corrected chi connectivity index (χ4v) is 1.62. The lowest BCUT2D eigenvalue weighted by Gasteiger charge is -2.32. The van der Waals surface area contributed by atoms with E-state index in [1.807, 2.05) is 0 Å². The highest BCUT2D eigenvalue weighted by molar-refractivity contribution is 4.83. The van der Waals surface area contributed by atoms with Crippen LogP contribution in [0.5, 0.6) is 0 Å². The number of hydrogen-bond acceptors (Lipinski definition) is 3. The molecule has 3 nitrogen and oxygen atoms in total. The van der Waals surface area contributed by atoms with Gasteiger partial charge in [-0.25, -0.2) is 0 Å². The van der Waals surface area contributed by atoms with Crippen molar-refractivity contribution in [3.8, 4) is 0 Å². The molecule has 1 heterocycles. The van der Waals surface area contributed by atoms with Crippen molar-refractivity contribution in [2.24, 2.45) is 5.92 Å². The summed E-state index contributed by atoms with van der Waals surface area (Å²) in [6.45, 7) is 7.51. The van der Waals surface area contributed by atoms with Crippen LogP contribution in [0, 0.1) is 5.92 Å². The second kappa shape index (κ2) is 5.69. The Labute approximate surface area is 86.8 Å². The van der Waals surface area contributed by atoms with Gasteiger partial charge in [-0.3, -0.25) is 0 Å². The van der Waals surface area contributed by atoms with E-state index in [2.05, 4.69) is 19.2 Å². The molecule has 0 saturated carbocycles. The number of aliphatic hydroxyl groups is 1. The molecule has 0 aromatic carbocycles. The van der Waals surface area contributed by atoms with Crippen LogP contribution in [0.3, 0.4) is 0 Å². The molecule has 0 aliphatic carbocycles. The predicted molar refractivity (Wildman–Crippen MR) is 57.3 cm³/mol. The van der Waals surface area contributed by atoms with Gasteiger partial charge in [-0.1, -0.05) is 20.3 Å². The first kappa shape index (κ1) is 12.0. The molecule has 0 amide bonds. The number of rotatable bonds is 5. The van der Waals surface area contributed by atoms with Crippen LogP contribution in [-0.4, -0.2) is 37.0 Å². The van der Waals surface area contributed by atoms with Gasteiger partial charge in [0, 0.05) is 32.6 Å². The van der Waals surface area contributed by atoms with E-state index in [-0.39, 0.29) is 0 Å². The molecule has 0 spiro atoms. The minimum atomic E-state index is -0.522. The van der Waals surface area contributed by atoms with E-state index < -0.39 is 5.60 Å². The molecule has 1 fully saturated rings. The second-order valence-corrected chi connectivity index (χ2v) is 4.48. The van der Waals surface area contributed by atoms with Crippen LogP contribution >= 0.6 is 0 Å². The Bertz CT molecular complexity index is 155. The Morgan fingerprint density at radius 2 is 2.07 bits per heavy atom. The van der Waals surface area contributed by atoms with Crippen LogP contribution < -0.4 is 5.32 Å². The van der Waals surface area contributed by atoms with Gasteiger partial charge in [0.15, 0.2) is 0 Å². The summed E-state index contributed by atoms with van der Waals surface area (Å²) in [6.07, 6.45) is 2.72. The predicted octanol–water partition coefficient (Wildman–Crippen LogP) is 1.16. The molecule has 0 bridgehead atoms. The maximum atomic E-state index is 10.1. The summed E-state index contributed by atoms with van der Waals surface area (Å²) in [5.41, 5.74) is -0.522. The molecule has 1 saturated heterocycles. The zero-order chi connectivity index (χ0) is 10.4. The summed E-state index contributed by atoms with van der Waals surface area (Å²) in [5.74, 6) is 0.693. The molecule has 0 aromatic heterocycles. The topological polar surface area (TPSA) is 41.5 Å². The van der Waals surface area contributed by atoms with E-state index in [1.165, 1.54) is 6.42 Å². The molecule has 1 aliphatic heterocycles. The SMILES string of the molecule is CCC(C)CNCC1(O)CCOCC1. The first-order valence-electron chi connectivity index (χ1n) is 5.67. The summed E-state index contributed by atoms with van der Waals surface area (Å²) < 4.78 is 5.23. The van der Waals surface area contributed by atoms with Crippen LogP contribution in [0.4, 0.5) is 0 Å². The fourth-order valence-electron chi connectivity index (χ4n) is 1.62. The van der Waals surface area contributed by atoms with Crippen molar-refractivity contribution in [2.75, 3.05) is 26.3 Å². The van der Waals surface area contributed by atoms with Gasteiger partial charge in [-0.05, 0) is 12.5 Å². The summed E-state index contributed by atoms with van der Waals surface area (Å²) >= 11 is 0. The highest BCUT2D eigenvalue weighted by atomic mass is 16.5. The smallest absolute Gasteiger partial charge is 0.0815 e. The third-order valence-electron chi connectivity index (χ3n) is 3.07. The average Bonchev–Trinajstić information content (AvgIpc) is 2.18. The molecule has 14 heavy (non-hydrogen) atoms. The summed E-state index contributed by atoms with van der Waals surface area (Å²) in [4.78, 5) is 0. The van der Waals surface area contributed by atoms with E-state index in [9.17, 15) is 5.11 Å². The molecule has 3 heteroatoms. The lowest BCUT2D eigenvalue weighted by atomic mass is 9.94. The highest BCUT2D eigenvalue weighted by Crippen LogP contribution is 2.19. The van der Waals surface area contributed by atoms with E-state index >= 15 is 0 Å². The molecule has 84 valence electrons. The lowest BCUT2D eigenvalue weighted by molar-refractivity contribution is -0.0617. The standard InChI is InChI=1S/C11H23NO2/c1-3-10(2)8-12-9-11(13)4-6-14-7-5-11/h10,12-13H,3-9H2,1-2H3. The zero-order valence-electron chi connectivity index (χ0n) is 9.38. The van der Waals surface area contributed by atoms with Gasteiger partial charge < -0.3 is 15.2 Å². The molecule has 1 rings (SSSR count). The Balaban J connectivity index is 2.15. The van der Waals surface area contributed by atoms with Crippen molar-refractivity contribution < 1.29 is 9.84 Å². The zero-order valence-corrected chi connectivity index (χ0v) is 9.38. The van der Waals surface area contributed by atoms with Crippen LogP contribution in [0.2, 0.25) is 0 Å². The van der Waals surface area contributed by atoms with Gasteiger partial charge in [0.1, 0.15) is 0 Å². The lowest BCUT2D eigenvalue weighted by Crippen LogP contribution is -2.45. The van der Waals surface area contributed by atoms with E-state index in [0.29, 0.717) is 25.7 Å². The number of hydrogen-bond donors (Lipinski definition) is 2. The second-order valence-electron chi connectivity index (χ2n) is 4.48. The van der Waals surface area contributed by atoms with Gasteiger partial charge in [0.05, 0.1) is 5.60 Å². The summed E-state index contributed by atoms with van der Waals surface area (Å²) in [6, 6.07) is 0. The maximum absolute atomic E-state index is 10.1. The first-order chi connectivity index (χ1) is 6.66. The molecule has 1 aliphatic rings. The van der Waals surface area contributed by atoms with E-state index in [0.717, 1.165) is 19.4 Å². The molecule has 0 aromatic rings. The minimum absolute atomic E-state index is 0.522. The fraction of sp³-hybridized carbons (Fsp3) is 1.00. The Morgan fingerprint density at radius 3 is 2.64 bits per heavy atom. The molecular weight excluding hydrogens is 178 g/mol. The molecule has 0 radical (unpaired) electrons. The van der Waals surface area contributed by atoms with Crippen LogP contribution in [0.15, 0.2) is 0 Å². The first-order valence-corrected chi connectivity index (χ1v) is 5.67. The van der Waals surface area contributed by atoms with Gasteiger partial charge in [-0.2, -0.15) is 0 Å². The van der Waals surface area contributed by atoms with Crippen molar-refractivity contribution in [2.45, 2.75) is 38.7 Å². The van der Waals surface area contributed by atoms with Gasteiger partial charge >= 0.3 is 0 Å². The van der Waals surface area contributed by atoms with Gasteiger partial charge in [-0.15, -0.1) is 0 Å². The van der Waals surface area contributed by atoms with Crippen molar-refractivity contribution >= 4 is 0 Å². The van der Waals surface area contributed by atoms with Crippen molar-refractivity contribution in [3.05, 3.63) is 0 Å². The van der Waals surface area contributed by atoms with Crippen molar-refractivity contribution in [1.82, 2.24) is 5.32 Å². The van der Waals surface area contributed by atoms with E-state index in [1.54, 1.807) is 0 Å². The Hall–Kier alpha value is -0.120. The third kappa shape index (κ3) is 3.95. The molecular formula is C11H23NO2. The largest absolute Gasteiger partial charge is 0.388 e. The summed E-state index contributed by atoms with van der Waals surface area (Å²) in [7, 11) is 0. The Morgan fingerprint density at radius 1 is 1.43 bits per heavy atom. The Kier molecular flexibility index (Phi) is 4.85. The summed E-state index contributed by atoms with van der Waals surface area (Å²) in [5, 5.41) is 13.5. The van der Waals surface area contributed by atoms with Crippen molar-refractivity contribution in [3.63, 3.8) is 0 Å². The highest BCUT2D eigenvalue weighted by Gasteiger charge is 2.29. The van der Waals surface area contributed by atoms with Crippen molar-refractivity contribution in [1.29, 1.82) is 0 Å². The van der Waals surface area contributed by atoms with Gasteiger partial charge in [0.25, 0.3) is 0 Å². The average molecular weight is 201 g/mol. The molecule has 1 unspecified atom stereocenters. The molecule has 1 atom stereocenters. The molecule has 2 N–H and O–H groups in total. The maximum Gasteiger partial charge on any atom is 0.0815 e. The van der Waals surface area contributed by atoms with E-state index in [4.69, 9.17) is 4.74 Å². The van der Waals surface area contributed by atoms with Crippen LogP contribution in [0.25, 0.3) is 0 Å². The number of ether oxygens (including phenoxy) is 1. The quantitative estimate of drug-likeness (QED) is 0.701. The third-order valence-corrected chi connectivity index (χ3v) is 3.07. The van der Waals surface area contributed by atoms with Crippen LogP contribution in [-0.2, 0) is 4.74 Å². The normalized spacial score (nSPS) is 23.4. The minimum Gasteiger partial charge on any atom is -0.388 e.